The smallest absolute Gasteiger partial charge is 0.315 e. The van der Waals surface area contributed by atoms with Crippen molar-refractivity contribution in [3.8, 4) is 11.4 Å². The SMILES string of the molecule is O=C(NCc1cccc(-c2ncn[nH]2)c1)NCC(O)c1ccco1. The molecular formula is C16H17N5O3. The van der Waals surface area contributed by atoms with Gasteiger partial charge in [-0.3, -0.25) is 5.10 Å². The van der Waals surface area contributed by atoms with Crippen molar-refractivity contribution in [2.45, 2.75) is 12.6 Å². The van der Waals surface area contributed by atoms with E-state index in [1.807, 2.05) is 24.3 Å². The van der Waals surface area contributed by atoms with Crippen LogP contribution in [0.1, 0.15) is 17.4 Å². The predicted molar refractivity (Wildman–Crippen MR) is 85.7 cm³/mol. The molecule has 8 heteroatoms. The number of amides is 2. The molecule has 24 heavy (non-hydrogen) atoms. The minimum Gasteiger partial charge on any atom is -0.467 e. The Morgan fingerprint density at radius 2 is 2.21 bits per heavy atom. The first-order chi connectivity index (χ1) is 11.7. The van der Waals surface area contributed by atoms with Gasteiger partial charge in [-0.05, 0) is 23.8 Å². The van der Waals surface area contributed by atoms with Crippen LogP contribution in [0.15, 0.2) is 53.4 Å². The van der Waals surface area contributed by atoms with Gasteiger partial charge in [0.15, 0.2) is 5.82 Å². The summed E-state index contributed by atoms with van der Waals surface area (Å²) in [6.07, 6.45) is 2.04. The maximum absolute atomic E-state index is 11.8. The average molecular weight is 327 g/mol. The molecule has 0 aliphatic rings. The summed E-state index contributed by atoms with van der Waals surface area (Å²) < 4.78 is 5.07. The Hall–Kier alpha value is -3.13. The van der Waals surface area contributed by atoms with Gasteiger partial charge >= 0.3 is 6.03 Å². The van der Waals surface area contributed by atoms with E-state index in [1.165, 1.54) is 12.6 Å². The van der Waals surface area contributed by atoms with Gasteiger partial charge in [0.25, 0.3) is 0 Å². The van der Waals surface area contributed by atoms with E-state index in [9.17, 15) is 9.90 Å². The van der Waals surface area contributed by atoms with E-state index in [-0.39, 0.29) is 12.6 Å². The van der Waals surface area contributed by atoms with Gasteiger partial charge in [0.2, 0.25) is 0 Å². The number of aromatic amines is 1. The Labute approximate surface area is 137 Å². The van der Waals surface area contributed by atoms with E-state index in [4.69, 9.17) is 4.42 Å². The fourth-order valence-corrected chi connectivity index (χ4v) is 2.19. The van der Waals surface area contributed by atoms with Crippen molar-refractivity contribution in [2.24, 2.45) is 0 Å². The molecule has 0 fully saturated rings. The topological polar surface area (TPSA) is 116 Å². The molecule has 0 aliphatic heterocycles. The number of aliphatic hydroxyl groups excluding tert-OH is 1. The maximum atomic E-state index is 11.8. The third-order valence-corrected chi connectivity index (χ3v) is 3.40. The van der Waals surface area contributed by atoms with E-state index in [0.717, 1.165) is 11.1 Å². The van der Waals surface area contributed by atoms with E-state index in [2.05, 4.69) is 25.8 Å². The van der Waals surface area contributed by atoms with Crippen LogP contribution in [-0.2, 0) is 6.54 Å². The second-order valence-electron chi connectivity index (χ2n) is 5.13. The molecule has 124 valence electrons. The molecule has 2 heterocycles. The highest BCUT2D eigenvalue weighted by molar-refractivity contribution is 5.73. The summed E-state index contributed by atoms with van der Waals surface area (Å²) in [4.78, 5) is 15.9. The number of hydrogen-bond acceptors (Lipinski definition) is 5. The molecule has 1 atom stereocenters. The van der Waals surface area contributed by atoms with Crippen LogP contribution in [0.2, 0.25) is 0 Å². The van der Waals surface area contributed by atoms with Crippen molar-refractivity contribution >= 4 is 6.03 Å². The lowest BCUT2D eigenvalue weighted by atomic mass is 10.1. The fraction of sp³-hybridized carbons (Fsp3) is 0.188. The zero-order valence-corrected chi connectivity index (χ0v) is 12.8. The summed E-state index contributed by atoms with van der Waals surface area (Å²) >= 11 is 0. The highest BCUT2D eigenvalue weighted by atomic mass is 16.4. The van der Waals surface area contributed by atoms with Crippen molar-refractivity contribution in [1.29, 1.82) is 0 Å². The van der Waals surface area contributed by atoms with Crippen molar-refractivity contribution in [3.63, 3.8) is 0 Å². The number of hydrogen-bond donors (Lipinski definition) is 4. The molecule has 0 radical (unpaired) electrons. The lowest BCUT2D eigenvalue weighted by molar-refractivity contribution is 0.148. The summed E-state index contributed by atoms with van der Waals surface area (Å²) in [6.45, 7) is 0.419. The average Bonchev–Trinajstić information content (AvgIpc) is 3.31. The van der Waals surface area contributed by atoms with Crippen molar-refractivity contribution in [2.75, 3.05) is 6.54 Å². The molecule has 0 saturated heterocycles. The first kappa shape index (κ1) is 15.8. The molecule has 4 N–H and O–H groups in total. The Bertz CT molecular complexity index is 771. The molecule has 0 spiro atoms. The van der Waals surface area contributed by atoms with Crippen LogP contribution >= 0.6 is 0 Å². The number of aromatic nitrogens is 3. The molecular weight excluding hydrogens is 310 g/mol. The van der Waals surface area contributed by atoms with Crippen LogP contribution in [0, 0.1) is 0 Å². The number of carbonyl (C=O) groups excluding carboxylic acids is 1. The number of aliphatic hydroxyl groups is 1. The summed E-state index contributed by atoms with van der Waals surface area (Å²) in [7, 11) is 0. The number of urea groups is 1. The maximum Gasteiger partial charge on any atom is 0.315 e. The Balaban J connectivity index is 1.49. The molecule has 3 rings (SSSR count). The first-order valence-corrected chi connectivity index (χ1v) is 7.40. The van der Waals surface area contributed by atoms with Gasteiger partial charge < -0.3 is 20.2 Å². The van der Waals surface area contributed by atoms with Crippen LogP contribution in [0.3, 0.4) is 0 Å². The molecule has 3 aromatic rings. The summed E-state index contributed by atoms with van der Waals surface area (Å²) in [5.41, 5.74) is 1.81. The number of carbonyl (C=O) groups is 1. The van der Waals surface area contributed by atoms with Crippen LogP contribution in [0.25, 0.3) is 11.4 Å². The van der Waals surface area contributed by atoms with Gasteiger partial charge in [0, 0.05) is 12.1 Å². The molecule has 1 unspecified atom stereocenters. The lowest BCUT2D eigenvalue weighted by Gasteiger charge is -2.11. The highest BCUT2D eigenvalue weighted by Crippen LogP contribution is 2.15. The molecule has 0 aliphatic carbocycles. The van der Waals surface area contributed by atoms with Gasteiger partial charge in [-0.2, -0.15) is 5.10 Å². The third-order valence-electron chi connectivity index (χ3n) is 3.40. The second-order valence-corrected chi connectivity index (χ2v) is 5.13. The van der Waals surface area contributed by atoms with E-state index < -0.39 is 6.10 Å². The summed E-state index contributed by atoms with van der Waals surface area (Å²) in [5.74, 6) is 1.08. The second kappa shape index (κ2) is 7.42. The molecule has 2 aromatic heterocycles. The highest BCUT2D eigenvalue weighted by Gasteiger charge is 2.11. The van der Waals surface area contributed by atoms with E-state index in [0.29, 0.717) is 18.1 Å². The fourth-order valence-electron chi connectivity index (χ4n) is 2.19. The van der Waals surface area contributed by atoms with Gasteiger partial charge in [-0.15, -0.1) is 0 Å². The number of benzene rings is 1. The molecule has 1 aromatic carbocycles. The van der Waals surface area contributed by atoms with Crippen LogP contribution < -0.4 is 10.6 Å². The lowest BCUT2D eigenvalue weighted by Crippen LogP contribution is -2.37. The largest absolute Gasteiger partial charge is 0.467 e. The Morgan fingerprint density at radius 3 is 2.96 bits per heavy atom. The number of nitrogens with one attached hydrogen (secondary N) is 3. The van der Waals surface area contributed by atoms with Crippen LogP contribution in [-0.4, -0.2) is 32.9 Å². The van der Waals surface area contributed by atoms with E-state index >= 15 is 0 Å². The number of furan rings is 1. The predicted octanol–water partition coefficient (Wildman–Crippen LogP) is 1.60. The quantitative estimate of drug-likeness (QED) is 0.549. The Morgan fingerprint density at radius 1 is 1.29 bits per heavy atom. The van der Waals surface area contributed by atoms with E-state index in [1.54, 1.807) is 12.1 Å². The zero-order chi connectivity index (χ0) is 16.8. The first-order valence-electron chi connectivity index (χ1n) is 7.40. The summed E-state index contributed by atoms with van der Waals surface area (Å²) in [5, 5.41) is 21.8. The number of H-pyrrole nitrogens is 1. The van der Waals surface area contributed by atoms with Gasteiger partial charge in [0.05, 0.1) is 12.8 Å². The normalized spacial score (nSPS) is 11.9. The minimum atomic E-state index is -0.875. The Kier molecular flexibility index (Phi) is 4.87. The number of rotatable bonds is 6. The van der Waals surface area contributed by atoms with Crippen molar-refractivity contribution in [3.05, 3.63) is 60.3 Å². The van der Waals surface area contributed by atoms with Crippen LogP contribution in [0.5, 0.6) is 0 Å². The summed E-state index contributed by atoms with van der Waals surface area (Å²) in [6, 6.07) is 10.6. The van der Waals surface area contributed by atoms with Crippen LogP contribution in [0.4, 0.5) is 4.79 Å². The molecule has 0 saturated carbocycles. The monoisotopic (exact) mass is 327 g/mol. The zero-order valence-electron chi connectivity index (χ0n) is 12.8. The standard InChI is InChI=1S/C16H17N5O3/c22-13(14-5-2-6-24-14)9-18-16(23)17-8-11-3-1-4-12(7-11)15-19-10-20-21-15/h1-7,10,13,22H,8-9H2,(H2,17,18,23)(H,19,20,21). The minimum absolute atomic E-state index is 0.0669. The van der Waals surface area contributed by atoms with Crippen molar-refractivity contribution in [1.82, 2.24) is 25.8 Å². The van der Waals surface area contributed by atoms with Gasteiger partial charge in [0.1, 0.15) is 18.2 Å². The van der Waals surface area contributed by atoms with Crippen molar-refractivity contribution < 1.29 is 14.3 Å². The molecule has 0 bridgehead atoms. The number of nitrogens with zero attached hydrogens (tertiary/aromatic N) is 2. The molecule has 2 amide bonds. The molecule has 8 nitrogen and oxygen atoms in total. The van der Waals surface area contributed by atoms with Gasteiger partial charge in [-0.1, -0.05) is 18.2 Å². The van der Waals surface area contributed by atoms with Gasteiger partial charge in [-0.25, -0.2) is 9.78 Å². The third kappa shape index (κ3) is 3.99.